The first kappa shape index (κ1) is 19.0. The van der Waals surface area contributed by atoms with Gasteiger partial charge in [-0.15, -0.1) is 0 Å². The number of hydrazone groups is 1. The van der Waals surface area contributed by atoms with E-state index in [4.69, 9.17) is 9.47 Å². The summed E-state index contributed by atoms with van der Waals surface area (Å²) in [5, 5.41) is 6.29. The third-order valence-corrected chi connectivity index (χ3v) is 3.38. The van der Waals surface area contributed by atoms with Crippen LogP contribution in [0.5, 0.6) is 11.5 Å². The quantitative estimate of drug-likeness (QED) is 0.473. The molecule has 0 aliphatic rings. The lowest BCUT2D eigenvalue weighted by atomic mass is 10.2. The number of nitrogens with zero attached hydrogens (tertiary/aromatic N) is 1. The molecule has 0 bridgehead atoms. The lowest BCUT2D eigenvalue weighted by Crippen LogP contribution is -2.32. The monoisotopic (exact) mass is 355 g/mol. The summed E-state index contributed by atoms with van der Waals surface area (Å²) in [7, 11) is 1.49. The summed E-state index contributed by atoms with van der Waals surface area (Å²) in [5.41, 5.74) is 4.29. The molecule has 2 rings (SSSR count). The first-order chi connectivity index (χ1) is 12.5. The largest absolute Gasteiger partial charge is 0.495 e. The number of amides is 2. The summed E-state index contributed by atoms with van der Waals surface area (Å²) in [4.78, 5) is 23.8. The van der Waals surface area contributed by atoms with Crippen molar-refractivity contribution in [1.29, 1.82) is 0 Å². The zero-order chi connectivity index (χ0) is 18.9. The van der Waals surface area contributed by atoms with E-state index < -0.39 is 11.8 Å². The maximum absolute atomic E-state index is 12.0. The Bertz CT molecular complexity index is 801. The van der Waals surface area contributed by atoms with Gasteiger partial charge in [-0.3, -0.25) is 9.59 Å². The topological polar surface area (TPSA) is 89.0 Å². The molecule has 0 unspecified atom stereocenters. The molecule has 0 atom stereocenters. The molecule has 2 aromatic rings. The van der Waals surface area contributed by atoms with Gasteiger partial charge < -0.3 is 14.8 Å². The minimum absolute atomic E-state index is 0.420. The molecule has 0 aliphatic carbocycles. The maximum atomic E-state index is 12.0. The summed E-state index contributed by atoms with van der Waals surface area (Å²) in [6.45, 7) is 4.36. The van der Waals surface area contributed by atoms with Crippen molar-refractivity contribution in [3.63, 3.8) is 0 Å². The first-order valence-corrected chi connectivity index (χ1v) is 8.05. The van der Waals surface area contributed by atoms with Crippen molar-refractivity contribution in [3.8, 4) is 11.5 Å². The van der Waals surface area contributed by atoms with E-state index in [1.54, 1.807) is 36.4 Å². The first-order valence-electron chi connectivity index (χ1n) is 8.05. The highest BCUT2D eigenvalue weighted by atomic mass is 16.5. The molecule has 2 amide bonds. The third kappa shape index (κ3) is 5.34. The molecule has 7 heteroatoms. The average molecular weight is 355 g/mol. The Kier molecular flexibility index (Phi) is 6.73. The number of carbonyl (C=O) groups excluding carboxylic acids is 2. The minimum Gasteiger partial charge on any atom is -0.495 e. The predicted octanol–water partition coefficient (Wildman–Crippen LogP) is 2.49. The molecule has 0 saturated heterocycles. The summed E-state index contributed by atoms with van der Waals surface area (Å²) >= 11 is 0. The molecule has 0 fully saturated rings. The van der Waals surface area contributed by atoms with Crippen LogP contribution in [-0.4, -0.2) is 31.7 Å². The van der Waals surface area contributed by atoms with Gasteiger partial charge in [0.05, 0.1) is 25.6 Å². The van der Waals surface area contributed by atoms with Gasteiger partial charge in [0.2, 0.25) is 0 Å². The van der Waals surface area contributed by atoms with Gasteiger partial charge in [0.25, 0.3) is 0 Å². The van der Waals surface area contributed by atoms with Crippen molar-refractivity contribution >= 4 is 23.7 Å². The molecule has 7 nitrogen and oxygen atoms in total. The van der Waals surface area contributed by atoms with Gasteiger partial charge in [-0.25, -0.2) is 5.43 Å². The number of carbonyl (C=O) groups is 2. The molecule has 0 spiro atoms. The van der Waals surface area contributed by atoms with Crippen LogP contribution < -0.4 is 20.2 Å². The van der Waals surface area contributed by atoms with Crippen LogP contribution in [-0.2, 0) is 9.59 Å². The van der Waals surface area contributed by atoms with Gasteiger partial charge in [0.15, 0.2) is 0 Å². The zero-order valence-electron chi connectivity index (χ0n) is 14.9. The van der Waals surface area contributed by atoms with Crippen LogP contribution in [0.25, 0.3) is 0 Å². The zero-order valence-corrected chi connectivity index (χ0v) is 14.9. The van der Waals surface area contributed by atoms with E-state index in [1.165, 1.54) is 13.3 Å². The van der Waals surface area contributed by atoms with Crippen LogP contribution in [0.3, 0.4) is 0 Å². The molecule has 0 saturated carbocycles. The number of rotatable bonds is 6. The van der Waals surface area contributed by atoms with Crippen molar-refractivity contribution in [1.82, 2.24) is 5.43 Å². The van der Waals surface area contributed by atoms with Gasteiger partial charge in [0, 0.05) is 0 Å². The second-order valence-electron chi connectivity index (χ2n) is 5.36. The number of ether oxygens (including phenoxy) is 2. The van der Waals surface area contributed by atoms with Crippen LogP contribution in [0.2, 0.25) is 0 Å². The standard InChI is InChI=1S/C19H21N3O4/c1-4-26-15-8-6-14(7-9-15)12-20-22-19(24)18(23)21-16-11-13(2)5-10-17(16)25-3/h5-12H,4H2,1-3H3,(H,21,23)(H,22,24)/b20-12-. The second kappa shape index (κ2) is 9.22. The minimum atomic E-state index is -0.879. The molecule has 0 aliphatic heterocycles. The lowest BCUT2D eigenvalue weighted by Gasteiger charge is -2.10. The van der Waals surface area contributed by atoms with E-state index in [1.807, 2.05) is 19.9 Å². The summed E-state index contributed by atoms with van der Waals surface area (Å²) in [5.74, 6) is -0.497. The van der Waals surface area contributed by atoms with Crippen molar-refractivity contribution in [2.75, 3.05) is 19.0 Å². The smallest absolute Gasteiger partial charge is 0.329 e. The van der Waals surface area contributed by atoms with Crippen LogP contribution in [0.1, 0.15) is 18.1 Å². The van der Waals surface area contributed by atoms with Crippen LogP contribution in [0, 0.1) is 6.92 Å². The normalized spacial score (nSPS) is 10.4. The number of benzene rings is 2. The molecule has 136 valence electrons. The Morgan fingerprint density at radius 3 is 2.50 bits per heavy atom. The van der Waals surface area contributed by atoms with Gasteiger partial charge in [-0.05, 0) is 61.4 Å². The lowest BCUT2D eigenvalue weighted by molar-refractivity contribution is -0.136. The van der Waals surface area contributed by atoms with E-state index in [-0.39, 0.29) is 0 Å². The van der Waals surface area contributed by atoms with E-state index in [2.05, 4.69) is 15.8 Å². The van der Waals surface area contributed by atoms with Crippen LogP contribution >= 0.6 is 0 Å². The molecule has 0 radical (unpaired) electrons. The average Bonchev–Trinajstić information content (AvgIpc) is 2.63. The third-order valence-electron chi connectivity index (χ3n) is 3.38. The van der Waals surface area contributed by atoms with Gasteiger partial charge >= 0.3 is 11.8 Å². The SMILES string of the molecule is CCOc1ccc(/C=N\NC(=O)C(=O)Nc2cc(C)ccc2OC)cc1. The Labute approximate surface area is 152 Å². The Morgan fingerprint density at radius 1 is 1.12 bits per heavy atom. The van der Waals surface area contributed by atoms with Crippen molar-refractivity contribution in [2.45, 2.75) is 13.8 Å². The van der Waals surface area contributed by atoms with Crippen molar-refractivity contribution in [2.24, 2.45) is 5.10 Å². The number of aryl methyl sites for hydroxylation is 1. The summed E-state index contributed by atoms with van der Waals surface area (Å²) in [6, 6.07) is 12.4. The van der Waals surface area contributed by atoms with Crippen molar-refractivity contribution < 1.29 is 19.1 Å². The van der Waals surface area contributed by atoms with E-state index >= 15 is 0 Å². The summed E-state index contributed by atoms with van der Waals surface area (Å²) in [6.07, 6.45) is 1.44. The van der Waals surface area contributed by atoms with Crippen LogP contribution in [0.4, 0.5) is 5.69 Å². The summed E-state index contributed by atoms with van der Waals surface area (Å²) < 4.78 is 10.5. The Balaban J connectivity index is 1.93. The van der Waals surface area contributed by atoms with Gasteiger partial charge in [0.1, 0.15) is 11.5 Å². The van der Waals surface area contributed by atoms with Crippen LogP contribution in [0.15, 0.2) is 47.6 Å². The van der Waals surface area contributed by atoms with Crippen molar-refractivity contribution in [3.05, 3.63) is 53.6 Å². The fourth-order valence-corrected chi connectivity index (χ4v) is 2.13. The van der Waals surface area contributed by atoms with E-state index in [0.29, 0.717) is 18.0 Å². The molecular formula is C19H21N3O4. The Morgan fingerprint density at radius 2 is 1.85 bits per heavy atom. The molecule has 2 aromatic carbocycles. The number of hydrogen-bond donors (Lipinski definition) is 2. The number of methoxy groups -OCH3 is 1. The van der Waals surface area contributed by atoms with Gasteiger partial charge in [-0.2, -0.15) is 5.10 Å². The highest BCUT2D eigenvalue weighted by Crippen LogP contribution is 2.24. The van der Waals surface area contributed by atoms with Gasteiger partial charge in [-0.1, -0.05) is 6.07 Å². The van der Waals surface area contributed by atoms with E-state index in [0.717, 1.165) is 16.9 Å². The highest BCUT2D eigenvalue weighted by molar-refractivity contribution is 6.39. The predicted molar refractivity (Wildman–Crippen MR) is 99.7 cm³/mol. The fraction of sp³-hybridized carbons (Fsp3) is 0.211. The Hall–Kier alpha value is -3.35. The number of hydrogen-bond acceptors (Lipinski definition) is 5. The fourth-order valence-electron chi connectivity index (χ4n) is 2.13. The molecule has 26 heavy (non-hydrogen) atoms. The second-order valence-corrected chi connectivity index (χ2v) is 5.36. The molecule has 0 aromatic heterocycles. The number of nitrogens with one attached hydrogen (secondary N) is 2. The maximum Gasteiger partial charge on any atom is 0.329 e. The van der Waals surface area contributed by atoms with E-state index in [9.17, 15) is 9.59 Å². The molecule has 2 N–H and O–H groups in total. The molecular weight excluding hydrogens is 334 g/mol. The molecule has 0 heterocycles. The number of anilines is 1. The highest BCUT2D eigenvalue weighted by Gasteiger charge is 2.15.